The molecule has 0 fully saturated rings. The van der Waals surface area contributed by atoms with E-state index >= 15 is 0 Å². The molecular weight excluding hydrogens is 296 g/mol. The van der Waals surface area contributed by atoms with Crippen LogP contribution in [0.15, 0.2) is 29.8 Å². The summed E-state index contributed by atoms with van der Waals surface area (Å²) in [5.74, 6) is 0.107. The Labute approximate surface area is 138 Å². The van der Waals surface area contributed by atoms with Gasteiger partial charge in [0.25, 0.3) is 0 Å². The molecule has 1 aromatic rings. The van der Waals surface area contributed by atoms with Crippen LogP contribution >= 0.6 is 11.6 Å². The van der Waals surface area contributed by atoms with Crippen molar-refractivity contribution >= 4 is 23.2 Å². The Morgan fingerprint density at radius 1 is 1.27 bits per heavy atom. The predicted molar refractivity (Wildman–Crippen MR) is 93.5 cm³/mol. The fourth-order valence-corrected chi connectivity index (χ4v) is 2.95. The first kappa shape index (κ1) is 16.9. The molecule has 1 amide bonds. The summed E-state index contributed by atoms with van der Waals surface area (Å²) in [7, 11) is 0. The molecule has 0 aliphatic heterocycles. The van der Waals surface area contributed by atoms with Crippen LogP contribution in [0.25, 0.3) is 0 Å². The van der Waals surface area contributed by atoms with E-state index in [0.717, 1.165) is 29.2 Å². The maximum Gasteiger partial charge on any atom is 0.221 e. The SMILES string of the molecule is Cc1cc(Cl)ccc1NCCC(=O)NCCC1=CCCCC1. The van der Waals surface area contributed by atoms with Crippen molar-refractivity contribution in [3.05, 3.63) is 40.4 Å². The van der Waals surface area contributed by atoms with E-state index in [2.05, 4.69) is 16.7 Å². The minimum Gasteiger partial charge on any atom is -0.384 e. The number of carbonyl (C=O) groups excluding carboxylic acids is 1. The van der Waals surface area contributed by atoms with Crippen LogP contribution in [0.3, 0.4) is 0 Å². The van der Waals surface area contributed by atoms with E-state index in [1.54, 1.807) is 0 Å². The molecule has 1 aliphatic rings. The van der Waals surface area contributed by atoms with Gasteiger partial charge in [-0.15, -0.1) is 0 Å². The second-order valence-electron chi connectivity index (χ2n) is 5.84. The van der Waals surface area contributed by atoms with E-state index in [4.69, 9.17) is 11.6 Å². The fraction of sp³-hybridized carbons (Fsp3) is 0.500. The normalized spacial score (nSPS) is 14.4. The van der Waals surface area contributed by atoms with Gasteiger partial charge in [0.2, 0.25) is 5.91 Å². The van der Waals surface area contributed by atoms with Crippen molar-refractivity contribution in [2.24, 2.45) is 0 Å². The maximum absolute atomic E-state index is 11.8. The van der Waals surface area contributed by atoms with Gasteiger partial charge < -0.3 is 10.6 Å². The second kappa shape index (κ2) is 8.84. The van der Waals surface area contributed by atoms with Crippen LogP contribution in [-0.4, -0.2) is 19.0 Å². The Morgan fingerprint density at radius 3 is 2.86 bits per heavy atom. The molecule has 0 bridgehead atoms. The molecule has 2 N–H and O–H groups in total. The van der Waals surface area contributed by atoms with Gasteiger partial charge in [-0.2, -0.15) is 0 Å². The molecule has 1 aromatic carbocycles. The van der Waals surface area contributed by atoms with Crippen LogP contribution in [-0.2, 0) is 4.79 Å². The van der Waals surface area contributed by atoms with E-state index < -0.39 is 0 Å². The summed E-state index contributed by atoms with van der Waals surface area (Å²) in [4.78, 5) is 11.8. The fourth-order valence-electron chi connectivity index (χ4n) is 2.72. The zero-order chi connectivity index (χ0) is 15.8. The number of anilines is 1. The van der Waals surface area contributed by atoms with Crippen LogP contribution in [0.4, 0.5) is 5.69 Å². The molecule has 0 unspecified atom stereocenters. The Kier molecular flexibility index (Phi) is 6.78. The third-order valence-corrected chi connectivity index (χ3v) is 4.24. The van der Waals surface area contributed by atoms with Crippen molar-refractivity contribution in [3.8, 4) is 0 Å². The summed E-state index contributed by atoms with van der Waals surface area (Å²) in [6.07, 6.45) is 8.83. The highest BCUT2D eigenvalue weighted by molar-refractivity contribution is 6.30. The molecule has 3 nitrogen and oxygen atoms in total. The Balaban J connectivity index is 1.62. The second-order valence-corrected chi connectivity index (χ2v) is 6.28. The standard InChI is InChI=1S/C18H25ClN2O/c1-14-13-16(19)7-8-17(14)20-12-10-18(22)21-11-9-15-5-3-2-4-6-15/h5,7-8,13,20H,2-4,6,9-12H2,1H3,(H,21,22). The Morgan fingerprint density at radius 2 is 2.14 bits per heavy atom. The van der Waals surface area contributed by atoms with Crippen molar-refractivity contribution < 1.29 is 4.79 Å². The number of rotatable bonds is 7. The molecule has 120 valence electrons. The van der Waals surface area contributed by atoms with Gasteiger partial charge in [-0.3, -0.25) is 4.79 Å². The molecular formula is C18H25ClN2O. The molecule has 1 aliphatic carbocycles. The van der Waals surface area contributed by atoms with Crippen molar-refractivity contribution in [1.29, 1.82) is 0 Å². The van der Waals surface area contributed by atoms with Crippen LogP contribution < -0.4 is 10.6 Å². The van der Waals surface area contributed by atoms with Crippen molar-refractivity contribution in [2.75, 3.05) is 18.4 Å². The number of hydrogen-bond acceptors (Lipinski definition) is 2. The smallest absolute Gasteiger partial charge is 0.221 e. The number of carbonyl (C=O) groups is 1. The van der Waals surface area contributed by atoms with Gasteiger partial charge in [-0.05, 0) is 62.8 Å². The maximum atomic E-state index is 11.8. The molecule has 0 saturated carbocycles. The summed E-state index contributed by atoms with van der Waals surface area (Å²) in [5, 5.41) is 7.01. The first-order valence-electron chi connectivity index (χ1n) is 8.10. The highest BCUT2D eigenvalue weighted by Crippen LogP contribution is 2.20. The first-order chi connectivity index (χ1) is 10.6. The zero-order valence-electron chi connectivity index (χ0n) is 13.3. The summed E-state index contributed by atoms with van der Waals surface area (Å²) >= 11 is 5.93. The van der Waals surface area contributed by atoms with Crippen LogP contribution in [0.1, 0.15) is 44.1 Å². The van der Waals surface area contributed by atoms with Crippen molar-refractivity contribution in [1.82, 2.24) is 5.32 Å². The average molecular weight is 321 g/mol. The summed E-state index contributed by atoms with van der Waals surface area (Å²) < 4.78 is 0. The summed E-state index contributed by atoms with van der Waals surface area (Å²) in [5.41, 5.74) is 3.63. The number of amides is 1. The topological polar surface area (TPSA) is 41.1 Å². The lowest BCUT2D eigenvalue weighted by Gasteiger charge is -2.13. The molecule has 0 radical (unpaired) electrons. The van der Waals surface area contributed by atoms with Gasteiger partial charge in [0.1, 0.15) is 0 Å². The Hall–Kier alpha value is -1.48. The molecule has 0 aromatic heterocycles. The lowest BCUT2D eigenvalue weighted by molar-refractivity contribution is -0.120. The van der Waals surface area contributed by atoms with E-state index in [-0.39, 0.29) is 5.91 Å². The summed E-state index contributed by atoms with van der Waals surface area (Å²) in [6.45, 7) is 3.40. The molecule has 2 rings (SSSR count). The van der Waals surface area contributed by atoms with Gasteiger partial charge in [-0.25, -0.2) is 0 Å². The van der Waals surface area contributed by atoms with Gasteiger partial charge in [-0.1, -0.05) is 23.3 Å². The third-order valence-electron chi connectivity index (χ3n) is 4.01. The number of halogens is 1. The molecule has 0 saturated heterocycles. The first-order valence-corrected chi connectivity index (χ1v) is 8.47. The lowest BCUT2D eigenvalue weighted by Crippen LogP contribution is -2.26. The van der Waals surface area contributed by atoms with Crippen LogP contribution in [0.2, 0.25) is 5.02 Å². The quantitative estimate of drug-likeness (QED) is 0.728. The highest BCUT2D eigenvalue weighted by atomic mass is 35.5. The number of nitrogens with one attached hydrogen (secondary N) is 2. The van der Waals surface area contributed by atoms with Gasteiger partial charge >= 0.3 is 0 Å². The largest absolute Gasteiger partial charge is 0.384 e. The van der Waals surface area contributed by atoms with E-state index in [1.807, 2.05) is 25.1 Å². The van der Waals surface area contributed by atoms with E-state index in [1.165, 1.54) is 31.3 Å². The molecule has 0 atom stereocenters. The minimum atomic E-state index is 0.107. The molecule has 0 heterocycles. The van der Waals surface area contributed by atoms with Crippen LogP contribution in [0.5, 0.6) is 0 Å². The third kappa shape index (κ3) is 5.72. The number of allylic oxidation sites excluding steroid dienone is 1. The number of benzene rings is 1. The number of aryl methyl sites for hydroxylation is 1. The number of hydrogen-bond donors (Lipinski definition) is 2. The van der Waals surface area contributed by atoms with Crippen LogP contribution in [0, 0.1) is 6.92 Å². The van der Waals surface area contributed by atoms with Crippen molar-refractivity contribution in [3.63, 3.8) is 0 Å². The molecule has 0 spiro atoms. The molecule has 22 heavy (non-hydrogen) atoms. The predicted octanol–water partition coefficient (Wildman–Crippen LogP) is 4.46. The van der Waals surface area contributed by atoms with E-state index in [9.17, 15) is 4.79 Å². The monoisotopic (exact) mass is 320 g/mol. The van der Waals surface area contributed by atoms with Gasteiger partial charge in [0, 0.05) is 30.2 Å². The Bertz CT molecular complexity index is 540. The average Bonchev–Trinajstić information content (AvgIpc) is 2.50. The zero-order valence-corrected chi connectivity index (χ0v) is 14.0. The highest BCUT2D eigenvalue weighted by Gasteiger charge is 2.05. The van der Waals surface area contributed by atoms with Gasteiger partial charge in [0.05, 0.1) is 0 Å². The summed E-state index contributed by atoms with van der Waals surface area (Å²) in [6, 6.07) is 5.72. The lowest BCUT2D eigenvalue weighted by atomic mass is 9.97. The van der Waals surface area contributed by atoms with Crippen molar-refractivity contribution in [2.45, 2.75) is 45.4 Å². The minimum absolute atomic E-state index is 0.107. The molecule has 4 heteroatoms. The van der Waals surface area contributed by atoms with E-state index in [0.29, 0.717) is 13.0 Å². The van der Waals surface area contributed by atoms with Gasteiger partial charge in [0.15, 0.2) is 0 Å².